The SMILES string of the molecule is Cc1ccc(CNC(=O)c2ccc(S(N)(=O)=O)cc2)cc1. The third-order valence-electron chi connectivity index (χ3n) is 3.02. The van der Waals surface area contributed by atoms with Gasteiger partial charge in [-0.2, -0.15) is 0 Å². The third-order valence-corrected chi connectivity index (χ3v) is 3.95. The Balaban J connectivity index is 2.02. The molecule has 2 aromatic rings. The number of carbonyl (C=O) groups is 1. The molecule has 0 aromatic heterocycles. The summed E-state index contributed by atoms with van der Waals surface area (Å²) in [5, 5.41) is 7.77. The Morgan fingerprint density at radius 2 is 1.62 bits per heavy atom. The number of sulfonamides is 1. The van der Waals surface area contributed by atoms with Gasteiger partial charge in [0.1, 0.15) is 0 Å². The van der Waals surface area contributed by atoms with Crippen molar-refractivity contribution < 1.29 is 13.2 Å². The van der Waals surface area contributed by atoms with Crippen LogP contribution in [0.5, 0.6) is 0 Å². The number of amides is 1. The highest BCUT2D eigenvalue weighted by molar-refractivity contribution is 7.89. The van der Waals surface area contributed by atoms with Crippen molar-refractivity contribution in [2.45, 2.75) is 18.4 Å². The van der Waals surface area contributed by atoms with Crippen LogP contribution in [-0.2, 0) is 16.6 Å². The second kappa shape index (κ2) is 6.07. The summed E-state index contributed by atoms with van der Waals surface area (Å²) in [7, 11) is -3.74. The van der Waals surface area contributed by atoms with Crippen molar-refractivity contribution in [2.75, 3.05) is 0 Å². The van der Waals surface area contributed by atoms with Gasteiger partial charge in [-0.25, -0.2) is 13.6 Å². The fourth-order valence-corrected chi connectivity index (χ4v) is 2.30. The van der Waals surface area contributed by atoms with Gasteiger partial charge < -0.3 is 5.32 Å². The smallest absolute Gasteiger partial charge is 0.251 e. The number of nitrogens with two attached hydrogens (primary N) is 1. The monoisotopic (exact) mass is 304 g/mol. The molecule has 2 rings (SSSR count). The fourth-order valence-electron chi connectivity index (χ4n) is 1.79. The van der Waals surface area contributed by atoms with Crippen LogP contribution >= 0.6 is 0 Å². The molecular weight excluding hydrogens is 288 g/mol. The van der Waals surface area contributed by atoms with Crippen molar-refractivity contribution >= 4 is 15.9 Å². The molecule has 0 unspecified atom stereocenters. The van der Waals surface area contributed by atoms with Gasteiger partial charge in [0.2, 0.25) is 10.0 Å². The fraction of sp³-hybridized carbons (Fsp3) is 0.133. The second-order valence-corrected chi connectivity index (χ2v) is 6.30. The average molecular weight is 304 g/mol. The molecule has 0 aliphatic carbocycles. The Morgan fingerprint density at radius 3 is 2.14 bits per heavy atom. The van der Waals surface area contributed by atoms with Crippen LogP contribution in [0.2, 0.25) is 0 Å². The minimum absolute atomic E-state index is 0.0161. The van der Waals surface area contributed by atoms with Crippen molar-refractivity contribution in [3.05, 3.63) is 65.2 Å². The van der Waals surface area contributed by atoms with Crippen LogP contribution in [0.3, 0.4) is 0 Å². The predicted molar refractivity (Wildman–Crippen MR) is 80.2 cm³/mol. The molecule has 2 aromatic carbocycles. The average Bonchev–Trinajstić information content (AvgIpc) is 2.45. The highest BCUT2D eigenvalue weighted by Crippen LogP contribution is 2.09. The first-order chi connectivity index (χ1) is 9.86. The van der Waals surface area contributed by atoms with E-state index in [9.17, 15) is 13.2 Å². The Labute approximate surface area is 123 Å². The van der Waals surface area contributed by atoms with Crippen molar-refractivity contribution in [1.29, 1.82) is 0 Å². The highest BCUT2D eigenvalue weighted by Gasteiger charge is 2.10. The molecular formula is C15H16N2O3S. The van der Waals surface area contributed by atoms with Crippen LogP contribution in [0.1, 0.15) is 21.5 Å². The molecule has 0 radical (unpaired) electrons. The first-order valence-electron chi connectivity index (χ1n) is 6.33. The van der Waals surface area contributed by atoms with Crippen LogP contribution in [0.4, 0.5) is 0 Å². The molecule has 0 aliphatic heterocycles. The van der Waals surface area contributed by atoms with E-state index in [1.54, 1.807) is 0 Å². The highest BCUT2D eigenvalue weighted by atomic mass is 32.2. The van der Waals surface area contributed by atoms with Gasteiger partial charge in [-0.1, -0.05) is 29.8 Å². The molecule has 21 heavy (non-hydrogen) atoms. The lowest BCUT2D eigenvalue weighted by Crippen LogP contribution is -2.23. The van der Waals surface area contributed by atoms with Gasteiger partial charge in [-0.15, -0.1) is 0 Å². The Hall–Kier alpha value is -2.18. The first-order valence-corrected chi connectivity index (χ1v) is 7.87. The zero-order valence-electron chi connectivity index (χ0n) is 11.5. The summed E-state index contributed by atoms with van der Waals surface area (Å²) in [5.74, 6) is -0.267. The van der Waals surface area contributed by atoms with Gasteiger partial charge in [0, 0.05) is 12.1 Å². The van der Waals surface area contributed by atoms with Gasteiger partial charge in [0.05, 0.1) is 4.90 Å². The third kappa shape index (κ3) is 4.14. The predicted octanol–water partition coefficient (Wildman–Crippen LogP) is 1.57. The van der Waals surface area contributed by atoms with Crippen molar-refractivity contribution in [1.82, 2.24) is 5.32 Å². The molecule has 0 saturated carbocycles. The van der Waals surface area contributed by atoms with Crippen LogP contribution < -0.4 is 10.5 Å². The van der Waals surface area contributed by atoms with Crippen LogP contribution in [0, 0.1) is 6.92 Å². The maximum atomic E-state index is 12.0. The van der Waals surface area contributed by atoms with Gasteiger partial charge in [0.25, 0.3) is 5.91 Å². The summed E-state index contributed by atoms with van der Waals surface area (Å²) >= 11 is 0. The summed E-state index contributed by atoms with van der Waals surface area (Å²) in [6.45, 7) is 2.41. The van der Waals surface area contributed by atoms with Gasteiger partial charge in [0.15, 0.2) is 0 Å². The molecule has 0 aliphatic rings. The molecule has 5 nitrogen and oxygen atoms in total. The number of carbonyl (C=O) groups excluding carboxylic acids is 1. The molecule has 0 heterocycles. The number of nitrogens with one attached hydrogen (secondary N) is 1. The minimum atomic E-state index is -3.74. The van der Waals surface area contributed by atoms with E-state index in [-0.39, 0.29) is 10.8 Å². The van der Waals surface area contributed by atoms with Crippen molar-refractivity contribution in [3.63, 3.8) is 0 Å². The van der Waals surface area contributed by atoms with Gasteiger partial charge in [-0.3, -0.25) is 4.79 Å². The van der Waals surface area contributed by atoms with Crippen LogP contribution in [-0.4, -0.2) is 14.3 Å². The number of primary sulfonamides is 1. The lowest BCUT2D eigenvalue weighted by molar-refractivity contribution is 0.0951. The van der Waals surface area contributed by atoms with Gasteiger partial charge >= 0.3 is 0 Å². The molecule has 0 saturated heterocycles. The maximum Gasteiger partial charge on any atom is 0.251 e. The molecule has 0 atom stereocenters. The van der Waals surface area contributed by atoms with E-state index in [0.717, 1.165) is 11.1 Å². The van der Waals surface area contributed by atoms with E-state index in [2.05, 4.69) is 5.32 Å². The molecule has 0 fully saturated rings. The Kier molecular flexibility index (Phi) is 4.40. The molecule has 0 bridgehead atoms. The summed E-state index contributed by atoms with van der Waals surface area (Å²) < 4.78 is 22.3. The summed E-state index contributed by atoms with van der Waals surface area (Å²) in [6.07, 6.45) is 0. The number of rotatable bonds is 4. The van der Waals surface area contributed by atoms with Crippen molar-refractivity contribution in [3.8, 4) is 0 Å². The normalized spacial score (nSPS) is 11.1. The first kappa shape index (κ1) is 15.2. The van der Waals surface area contributed by atoms with E-state index in [4.69, 9.17) is 5.14 Å². The quantitative estimate of drug-likeness (QED) is 0.898. The zero-order chi connectivity index (χ0) is 15.5. The Morgan fingerprint density at radius 1 is 1.05 bits per heavy atom. The number of hydrogen-bond acceptors (Lipinski definition) is 3. The van der Waals surface area contributed by atoms with E-state index in [1.165, 1.54) is 24.3 Å². The maximum absolute atomic E-state index is 12.0. The molecule has 110 valence electrons. The lowest BCUT2D eigenvalue weighted by Gasteiger charge is -2.06. The van der Waals surface area contributed by atoms with E-state index in [1.807, 2.05) is 31.2 Å². The summed E-state index contributed by atoms with van der Waals surface area (Å²) in [6, 6.07) is 13.3. The van der Waals surface area contributed by atoms with Crippen LogP contribution in [0.25, 0.3) is 0 Å². The summed E-state index contributed by atoms with van der Waals surface area (Å²) in [4.78, 5) is 11.9. The topological polar surface area (TPSA) is 89.3 Å². The van der Waals surface area contributed by atoms with E-state index < -0.39 is 10.0 Å². The van der Waals surface area contributed by atoms with E-state index in [0.29, 0.717) is 12.1 Å². The summed E-state index contributed by atoms with van der Waals surface area (Å²) in [5.41, 5.74) is 2.54. The second-order valence-electron chi connectivity index (χ2n) is 4.74. The van der Waals surface area contributed by atoms with Gasteiger partial charge in [-0.05, 0) is 36.8 Å². The van der Waals surface area contributed by atoms with Crippen molar-refractivity contribution in [2.24, 2.45) is 5.14 Å². The lowest BCUT2D eigenvalue weighted by atomic mass is 10.1. The zero-order valence-corrected chi connectivity index (χ0v) is 12.4. The number of benzene rings is 2. The standard InChI is InChI=1S/C15H16N2O3S/c1-11-2-4-12(5-3-11)10-17-15(18)13-6-8-14(9-7-13)21(16,19)20/h2-9H,10H2,1H3,(H,17,18)(H2,16,19,20). The largest absolute Gasteiger partial charge is 0.348 e. The number of hydrogen-bond donors (Lipinski definition) is 2. The molecule has 0 spiro atoms. The van der Waals surface area contributed by atoms with E-state index >= 15 is 0 Å². The Bertz CT molecular complexity index is 735. The molecule has 1 amide bonds. The minimum Gasteiger partial charge on any atom is -0.348 e. The molecule has 3 N–H and O–H groups in total. The molecule has 6 heteroatoms. The van der Waals surface area contributed by atoms with Crippen LogP contribution in [0.15, 0.2) is 53.4 Å². The number of aryl methyl sites for hydroxylation is 1.